The number of phenols is 2. The van der Waals surface area contributed by atoms with Gasteiger partial charge in [0.2, 0.25) is 5.75 Å². The van der Waals surface area contributed by atoms with Gasteiger partial charge in [-0.25, -0.2) is 4.79 Å². The third kappa shape index (κ3) is 5.39. The Hall–Kier alpha value is -3.42. The number of hydrogen-bond donors (Lipinski definition) is 5. The summed E-state index contributed by atoms with van der Waals surface area (Å²) >= 11 is 6.17. The van der Waals surface area contributed by atoms with Crippen LogP contribution in [0, 0.1) is 0 Å². The van der Waals surface area contributed by atoms with E-state index in [0.29, 0.717) is 31.2 Å². The number of carbonyl (C=O) groups is 1. The van der Waals surface area contributed by atoms with Crippen LogP contribution in [0.25, 0.3) is 0 Å². The second kappa shape index (κ2) is 12.5. The van der Waals surface area contributed by atoms with Gasteiger partial charge in [-0.15, -0.1) is 0 Å². The summed E-state index contributed by atoms with van der Waals surface area (Å²) in [5.74, 6) is -2.07. The van der Waals surface area contributed by atoms with Gasteiger partial charge in [0.05, 0.1) is 25.3 Å². The number of methoxy groups -OCH3 is 1. The lowest BCUT2D eigenvalue weighted by atomic mass is 9.84. The summed E-state index contributed by atoms with van der Waals surface area (Å²) in [6.45, 7) is 2.09. The summed E-state index contributed by atoms with van der Waals surface area (Å²) in [5.41, 5.74) is 2.34. The van der Waals surface area contributed by atoms with Crippen molar-refractivity contribution < 1.29 is 44.5 Å². The molecule has 6 rings (SSSR count). The van der Waals surface area contributed by atoms with Crippen LogP contribution in [-0.4, -0.2) is 106 Å². The van der Waals surface area contributed by atoms with Gasteiger partial charge in [-0.05, 0) is 23.3 Å². The van der Waals surface area contributed by atoms with Crippen LogP contribution >= 0.6 is 11.6 Å². The zero-order valence-corrected chi connectivity index (χ0v) is 24.8. The van der Waals surface area contributed by atoms with E-state index in [1.54, 1.807) is 0 Å². The molecule has 0 radical (unpaired) electrons. The molecule has 2 fully saturated rings. The number of esters is 1. The summed E-state index contributed by atoms with van der Waals surface area (Å²) in [7, 11) is 1.28. The molecule has 0 saturated carbocycles. The van der Waals surface area contributed by atoms with Crippen LogP contribution in [0.15, 0.2) is 54.6 Å². The summed E-state index contributed by atoms with van der Waals surface area (Å²) in [5, 5.41) is 53.7. The predicted molar refractivity (Wildman–Crippen MR) is 159 cm³/mol. The van der Waals surface area contributed by atoms with Crippen LogP contribution < -0.4 is 4.74 Å². The highest BCUT2D eigenvalue weighted by molar-refractivity contribution is 6.30. The average Bonchev–Trinajstić information content (AvgIpc) is 3.03. The van der Waals surface area contributed by atoms with Crippen molar-refractivity contribution in [2.75, 3.05) is 39.9 Å². The van der Waals surface area contributed by atoms with Crippen molar-refractivity contribution in [3.63, 3.8) is 0 Å². The van der Waals surface area contributed by atoms with Gasteiger partial charge in [0.1, 0.15) is 24.4 Å². The van der Waals surface area contributed by atoms with E-state index >= 15 is 0 Å². The third-order valence-corrected chi connectivity index (χ3v) is 9.05. The molecule has 6 atom stereocenters. The Kier molecular flexibility index (Phi) is 8.71. The fourth-order valence-electron chi connectivity index (χ4n) is 6.56. The van der Waals surface area contributed by atoms with Gasteiger partial charge >= 0.3 is 5.97 Å². The topological polar surface area (TPSA) is 152 Å². The molecule has 3 heterocycles. The van der Waals surface area contributed by atoms with Gasteiger partial charge in [-0.3, -0.25) is 9.80 Å². The number of carbonyl (C=O) groups excluding carboxylic acids is 1. The minimum Gasteiger partial charge on any atom is -0.504 e. The predicted octanol–water partition coefficient (Wildman–Crippen LogP) is 2.36. The Morgan fingerprint density at radius 2 is 1.61 bits per heavy atom. The van der Waals surface area contributed by atoms with E-state index in [1.165, 1.54) is 7.11 Å². The molecule has 12 heteroatoms. The number of rotatable bonds is 7. The lowest BCUT2D eigenvalue weighted by Crippen LogP contribution is -2.58. The number of aliphatic hydroxyl groups is 3. The first-order chi connectivity index (χ1) is 21.2. The van der Waals surface area contributed by atoms with Crippen molar-refractivity contribution >= 4 is 17.6 Å². The van der Waals surface area contributed by atoms with Gasteiger partial charge in [-0.1, -0.05) is 54.1 Å². The fourth-order valence-corrected chi connectivity index (χ4v) is 6.69. The molecule has 5 N–H and O–H groups in total. The van der Waals surface area contributed by atoms with E-state index in [2.05, 4.69) is 21.9 Å². The SMILES string of the molecule is COc1c(O)c(CN2CCN([C@@H](c3ccccc3)c3ccc(Cl)cc3)CC2)c2c(c1O)[C@H]1O[C@H](CO)[C@@H](O)[C@H](O)[C@H]1OC2=O. The molecule has 44 heavy (non-hydrogen) atoms. The second-order valence-corrected chi connectivity index (χ2v) is 11.7. The Bertz CT molecular complexity index is 1500. The van der Waals surface area contributed by atoms with Crippen LogP contribution in [0.3, 0.4) is 0 Å². The number of ether oxygens (including phenoxy) is 3. The molecule has 2 saturated heterocycles. The highest BCUT2D eigenvalue weighted by atomic mass is 35.5. The molecule has 0 unspecified atom stereocenters. The van der Waals surface area contributed by atoms with Gasteiger partial charge in [0, 0.05) is 48.9 Å². The van der Waals surface area contributed by atoms with E-state index in [-0.39, 0.29) is 35.0 Å². The average molecular weight is 627 g/mol. The number of phenolic OH excluding ortho intramolecular Hbond substituents is 2. The second-order valence-electron chi connectivity index (χ2n) is 11.3. The standard InChI is InChI=1S/C32H35ClN2O9/c1-42-30-25(37)20(22-23(27(30)39)29-31(44-32(22)41)28(40)26(38)21(16-36)43-29)15-34-11-13-35(14-12-34)24(17-5-3-2-4-6-17)18-7-9-19(33)10-8-18/h2-10,21,24,26,28-29,31,36-40H,11-16H2,1H3/t21-,24+,26-,28+,29-,31-/m1/s1. The van der Waals surface area contributed by atoms with Crippen molar-refractivity contribution in [1.82, 2.24) is 9.80 Å². The summed E-state index contributed by atoms with van der Waals surface area (Å²) in [4.78, 5) is 17.8. The minimum absolute atomic E-state index is 0.00200. The van der Waals surface area contributed by atoms with Gasteiger partial charge in [-0.2, -0.15) is 0 Å². The maximum Gasteiger partial charge on any atom is 0.339 e. The minimum atomic E-state index is -1.57. The van der Waals surface area contributed by atoms with Crippen LogP contribution in [0.2, 0.25) is 5.02 Å². The summed E-state index contributed by atoms with van der Waals surface area (Å²) in [6.07, 6.45) is -6.83. The lowest BCUT2D eigenvalue weighted by Gasteiger charge is -2.45. The van der Waals surface area contributed by atoms with Gasteiger partial charge in [0.15, 0.2) is 17.6 Å². The van der Waals surface area contributed by atoms with Crippen molar-refractivity contribution in [1.29, 1.82) is 0 Å². The molecule has 0 aromatic heterocycles. The van der Waals surface area contributed by atoms with Crippen molar-refractivity contribution in [2.24, 2.45) is 0 Å². The normalized spacial score (nSPS) is 26.4. The van der Waals surface area contributed by atoms with Crippen LogP contribution in [0.4, 0.5) is 0 Å². The number of hydrogen-bond acceptors (Lipinski definition) is 11. The number of nitrogens with zero attached hydrogens (tertiary/aromatic N) is 2. The van der Waals surface area contributed by atoms with E-state index in [9.17, 15) is 30.3 Å². The molecule has 0 bridgehead atoms. The monoisotopic (exact) mass is 626 g/mol. The molecule has 3 aromatic carbocycles. The molecule has 3 aliphatic rings. The van der Waals surface area contributed by atoms with Crippen LogP contribution in [-0.2, 0) is 16.0 Å². The van der Waals surface area contributed by atoms with E-state index < -0.39 is 54.6 Å². The molecular weight excluding hydrogens is 592 g/mol. The number of benzene rings is 3. The quantitative estimate of drug-likeness (QED) is 0.246. The largest absolute Gasteiger partial charge is 0.504 e. The molecular formula is C32H35ClN2O9. The molecule has 3 aromatic rings. The van der Waals surface area contributed by atoms with Crippen molar-refractivity contribution in [2.45, 2.75) is 43.1 Å². The highest BCUT2D eigenvalue weighted by Gasteiger charge is 2.53. The van der Waals surface area contributed by atoms with Crippen molar-refractivity contribution in [3.05, 3.63) is 87.4 Å². The van der Waals surface area contributed by atoms with E-state index in [4.69, 9.17) is 25.8 Å². The van der Waals surface area contributed by atoms with E-state index in [0.717, 1.165) is 11.1 Å². The van der Waals surface area contributed by atoms with Gasteiger partial charge < -0.3 is 39.7 Å². The summed E-state index contributed by atoms with van der Waals surface area (Å²) < 4.78 is 16.7. The first-order valence-corrected chi connectivity index (χ1v) is 14.9. The zero-order valence-electron chi connectivity index (χ0n) is 24.0. The van der Waals surface area contributed by atoms with Crippen molar-refractivity contribution in [3.8, 4) is 17.2 Å². The lowest BCUT2D eigenvalue weighted by molar-refractivity contribution is -0.235. The van der Waals surface area contributed by atoms with E-state index in [1.807, 2.05) is 42.5 Å². The Morgan fingerprint density at radius 1 is 0.955 bits per heavy atom. The maximum absolute atomic E-state index is 13.4. The Labute approximate surface area is 259 Å². The van der Waals surface area contributed by atoms with Gasteiger partial charge in [0.25, 0.3) is 0 Å². The Balaban J connectivity index is 1.29. The molecule has 0 amide bonds. The molecule has 3 aliphatic heterocycles. The number of halogens is 1. The zero-order chi connectivity index (χ0) is 31.1. The summed E-state index contributed by atoms with van der Waals surface area (Å²) in [6, 6.07) is 18.0. The maximum atomic E-state index is 13.4. The highest BCUT2D eigenvalue weighted by Crippen LogP contribution is 2.52. The van der Waals surface area contributed by atoms with Crippen LogP contribution in [0.5, 0.6) is 17.2 Å². The first-order valence-electron chi connectivity index (χ1n) is 14.5. The number of aliphatic hydroxyl groups excluding tert-OH is 3. The molecule has 11 nitrogen and oxygen atoms in total. The molecule has 0 spiro atoms. The Morgan fingerprint density at radius 3 is 2.25 bits per heavy atom. The first kappa shape index (κ1) is 30.6. The van der Waals surface area contributed by atoms with Crippen LogP contribution in [0.1, 0.15) is 44.8 Å². The number of piperazine rings is 1. The molecule has 0 aliphatic carbocycles. The smallest absolute Gasteiger partial charge is 0.339 e. The fraction of sp³-hybridized carbons (Fsp3) is 0.406. The number of fused-ring (bicyclic) bond motifs is 3. The number of aromatic hydroxyl groups is 2. The third-order valence-electron chi connectivity index (χ3n) is 8.80. The molecule has 234 valence electrons.